The van der Waals surface area contributed by atoms with E-state index in [0.717, 1.165) is 12.1 Å². The Kier molecular flexibility index (Phi) is 2.81. The molecule has 0 aromatic heterocycles. The maximum atomic E-state index is 12.4. The van der Waals surface area contributed by atoms with E-state index < -0.39 is 18.0 Å². The van der Waals surface area contributed by atoms with Gasteiger partial charge in [0.05, 0.1) is 0 Å². The largest absolute Gasteiger partial charge is 0.479 e. The Morgan fingerprint density at radius 1 is 1.29 bits per heavy atom. The molecule has 0 aliphatic heterocycles. The van der Waals surface area contributed by atoms with Crippen LogP contribution in [0.1, 0.15) is 5.56 Å². The number of aliphatic hydroxyl groups is 1. The molecule has 0 heterocycles. The molecule has 0 aliphatic carbocycles. The van der Waals surface area contributed by atoms with E-state index in [-0.39, 0.29) is 5.56 Å². The minimum Gasteiger partial charge on any atom is -0.479 e. The predicted octanol–water partition coefficient (Wildman–Crippen LogP) is 1.22. The number of rotatable bonds is 3. The molecule has 3 nitrogen and oxygen atoms in total. The number of alkyl halides is 2. The van der Waals surface area contributed by atoms with Crippen LogP contribution in [0.2, 0.25) is 0 Å². The van der Waals surface area contributed by atoms with Crippen molar-refractivity contribution in [1.29, 1.82) is 0 Å². The van der Waals surface area contributed by atoms with E-state index in [4.69, 9.17) is 5.11 Å². The molecule has 76 valence electrons. The molecule has 1 aromatic carbocycles. The highest BCUT2D eigenvalue weighted by molar-refractivity contribution is 5.79. The number of aliphatic carboxylic acids is 1. The van der Waals surface area contributed by atoms with Gasteiger partial charge in [-0.3, -0.25) is 0 Å². The normalized spacial score (nSPS) is 15.1. The zero-order valence-electron chi connectivity index (χ0n) is 7.02. The lowest BCUT2D eigenvalue weighted by Crippen LogP contribution is -2.42. The monoisotopic (exact) mass is 202 g/mol. The zero-order chi connectivity index (χ0) is 10.8. The molecule has 0 fully saturated rings. The molecule has 0 radical (unpaired) electrons. The molecule has 14 heavy (non-hydrogen) atoms. The van der Waals surface area contributed by atoms with E-state index in [2.05, 4.69) is 0 Å². The van der Waals surface area contributed by atoms with Crippen LogP contribution in [0.15, 0.2) is 30.3 Å². The molecule has 1 atom stereocenters. The fraction of sp³-hybridized carbons (Fsp3) is 0.222. The molecule has 1 aromatic rings. The summed E-state index contributed by atoms with van der Waals surface area (Å²) in [5, 5.41) is 17.8. The third-order valence-corrected chi connectivity index (χ3v) is 1.86. The first-order valence-corrected chi connectivity index (χ1v) is 3.79. The highest BCUT2D eigenvalue weighted by Gasteiger charge is 2.47. The zero-order valence-corrected chi connectivity index (χ0v) is 7.02. The van der Waals surface area contributed by atoms with Crippen molar-refractivity contribution in [3.05, 3.63) is 35.9 Å². The van der Waals surface area contributed by atoms with Crippen LogP contribution in [0, 0.1) is 0 Å². The number of halogens is 2. The molecule has 0 bridgehead atoms. The molecule has 1 rings (SSSR count). The second-order valence-corrected chi connectivity index (χ2v) is 2.74. The van der Waals surface area contributed by atoms with Crippen molar-refractivity contribution < 1.29 is 23.8 Å². The van der Waals surface area contributed by atoms with Crippen LogP contribution in [-0.2, 0) is 10.4 Å². The van der Waals surface area contributed by atoms with Gasteiger partial charge in [-0.15, -0.1) is 0 Å². The average molecular weight is 202 g/mol. The molecule has 2 N–H and O–H groups in total. The first kappa shape index (κ1) is 10.6. The maximum absolute atomic E-state index is 12.4. The van der Waals surface area contributed by atoms with E-state index in [1.807, 2.05) is 0 Å². The Bertz CT molecular complexity index is 326. The van der Waals surface area contributed by atoms with Gasteiger partial charge >= 0.3 is 5.97 Å². The number of carbonyl (C=O) groups is 1. The molecular weight excluding hydrogens is 194 g/mol. The first-order chi connectivity index (χ1) is 6.49. The number of carboxylic acid groups (broad SMARTS) is 1. The number of hydrogen-bond donors (Lipinski definition) is 2. The number of carboxylic acids is 1. The minimum atomic E-state index is -3.37. The van der Waals surface area contributed by atoms with E-state index in [1.165, 1.54) is 18.2 Å². The second kappa shape index (κ2) is 3.71. The molecule has 0 spiro atoms. The van der Waals surface area contributed by atoms with Crippen molar-refractivity contribution in [3.63, 3.8) is 0 Å². The van der Waals surface area contributed by atoms with Crippen LogP contribution in [0.4, 0.5) is 8.78 Å². The summed E-state index contributed by atoms with van der Waals surface area (Å²) in [4.78, 5) is 10.5. The van der Waals surface area contributed by atoms with Gasteiger partial charge in [0.2, 0.25) is 5.60 Å². The van der Waals surface area contributed by atoms with Crippen molar-refractivity contribution in [2.45, 2.75) is 12.0 Å². The second-order valence-electron chi connectivity index (χ2n) is 2.74. The highest BCUT2D eigenvalue weighted by atomic mass is 19.3. The molecule has 0 saturated carbocycles. The Labute approximate surface area is 78.6 Å². The van der Waals surface area contributed by atoms with Crippen molar-refractivity contribution in [1.82, 2.24) is 0 Å². The maximum Gasteiger partial charge on any atom is 0.346 e. The van der Waals surface area contributed by atoms with E-state index in [9.17, 15) is 18.7 Å². The van der Waals surface area contributed by atoms with Crippen molar-refractivity contribution in [2.24, 2.45) is 0 Å². The SMILES string of the molecule is O=C(O)C(O)(c1ccccc1)C(F)F. The topological polar surface area (TPSA) is 57.5 Å². The Morgan fingerprint density at radius 2 is 1.79 bits per heavy atom. The lowest BCUT2D eigenvalue weighted by Gasteiger charge is -2.22. The fourth-order valence-corrected chi connectivity index (χ4v) is 1.04. The quantitative estimate of drug-likeness (QED) is 0.774. The van der Waals surface area contributed by atoms with Crippen LogP contribution in [0.25, 0.3) is 0 Å². The smallest absolute Gasteiger partial charge is 0.346 e. The van der Waals surface area contributed by atoms with Crippen LogP contribution in [0.3, 0.4) is 0 Å². The number of hydrogen-bond acceptors (Lipinski definition) is 2. The third kappa shape index (κ3) is 1.58. The summed E-state index contributed by atoms with van der Waals surface area (Å²) in [5.41, 5.74) is -3.45. The summed E-state index contributed by atoms with van der Waals surface area (Å²) in [5.74, 6) is -1.96. The van der Waals surface area contributed by atoms with Crippen molar-refractivity contribution in [2.75, 3.05) is 0 Å². The van der Waals surface area contributed by atoms with Crippen molar-refractivity contribution in [3.8, 4) is 0 Å². The molecule has 0 aliphatic rings. The summed E-state index contributed by atoms with van der Waals surface area (Å²) >= 11 is 0. The van der Waals surface area contributed by atoms with Gasteiger partial charge in [-0.1, -0.05) is 30.3 Å². The summed E-state index contributed by atoms with van der Waals surface area (Å²) in [6.07, 6.45) is -3.37. The highest BCUT2D eigenvalue weighted by Crippen LogP contribution is 2.28. The minimum absolute atomic E-state index is 0.331. The Morgan fingerprint density at radius 3 is 2.14 bits per heavy atom. The van der Waals surface area contributed by atoms with E-state index >= 15 is 0 Å². The summed E-state index contributed by atoms with van der Waals surface area (Å²) in [6, 6.07) is 6.58. The lowest BCUT2D eigenvalue weighted by atomic mass is 9.95. The third-order valence-electron chi connectivity index (χ3n) is 1.86. The van der Waals surface area contributed by atoms with Gasteiger partial charge in [0.1, 0.15) is 0 Å². The van der Waals surface area contributed by atoms with Crippen LogP contribution in [0.5, 0.6) is 0 Å². The first-order valence-electron chi connectivity index (χ1n) is 3.79. The van der Waals surface area contributed by atoms with Crippen LogP contribution >= 0.6 is 0 Å². The van der Waals surface area contributed by atoms with Gasteiger partial charge in [-0.2, -0.15) is 0 Å². The van der Waals surface area contributed by atoms with Crippen LogP contribution in [-0.4, -0.2) is 22.6 Å². The summed E-state index contributed by atoms with van der Waals surface area (Å²) < 4.78 is 24.8. The number of benzene rings is 1. The van der Waals surface area contributed by atoms with Gasteiger partial charge in [-0.25, -0.2) is 13.6 Å². The van der Waals surface area contributed by atoms with Gasteiger partial charge in [0.15, 0.2) is 0 Å². The Balaban J connectivity index is 3.20. The van der Waals surface area contributed by atoms with Gasteiger partial charge in [-0.05, 0) is 0 Å². The molecule has 1 unspecified atom stereocenters. The lowest BCUT2D eigenvalue weighted by molar-refractivity contribution is -0.178. The van der Waals surface area contributed by atoms with E-state index in [1.54, 1.807) is 0 Å². The fourth-order valence-electron chi connectivity index (χ4n) is 1.04. The van der Waals surface area contributed by atoms with E-state index in [0.29, 0.717) is 0 Å². The Hall–Kier alpha value is -1.49. The molecule has 5 heteroatoms. The van der Waals surface area contributed by atoms with Gasteiger partial charge in [0.25, 0.3) is 6.43 Å². The predicted molar refractivity (Wildman–Crippen MR) is 44.0 cm³/mol. The van der Waals surface area contributed by atoms with Gasteiger partial charge in [0, 0.05) is 5.56 Å². The average Bonchev–Trinajstić information content (AvgIpc) is 2.17. The van der Waals surface area contributed by atoms with Crippen molar-refractivity contribution >= 4 is 5.97 Å². The molecule has 0 saturated heterocycles. The van der Waals surface area contributed by atoms with Gasteiger partial charge < -0.3 is 10.2 Å². The molecule has 0 amide bonds. The van der Waals surface area contributed by atoms with Crippen LogP contribution < -0.4 is 0 Å². The summed E-state index contributed by atoms with van der Waals surface area (Å²) in [6.45, 7) is 0. The summed E-state index contributed by atoms with van der Waals surface area (Å²) in [7, 11) is 0. The molecular formula is C9H8F2O3. The standard InChI is InChI=1S/C9H8F2O3/c10-7(11)9(14,8(12)13)6-4-2-1-3-5-6/h1-5,7,14H,(H,12,13).